The predicted molar refractivity (Wildman–Crippen MR) is 105 cm³/mol. The number of benzene rings is 2. The molecule has 0 spiro atoms. The summed E-state index contributed by atoms with van der Waals surface area (Å²) >= 11 is 6.10. The third-order valence-electron chi connectivity index (χ3n) is 4.22. The van der Waals surface area contributed by atoms with Crippen molar-refractivity contribution in [1.82, 2.24) is 0 Å². The van der Waals surface area contributed by atoms with Crippen LogP contribution >= 0.6 is 11.6 Å². The third-order valence-corrected chi connectivity index (χ3v) is 4.45. The van der Waals surface area contributed by atoms with Gasteiger partial charge in [-0.05, 0) is 49.7 Å². The van der Waals surface area contributed by atoms with Gasteiger partial charge >= 0.3 is 12.0 Å². The van der Waals surface area contributed by atoms with Crippen molar-refractivity contribution in [1.29, 1.82) is 0 Å². The average Bonchev–Trinajstić information content (AvgIpc) is 2.67. The zero-order valence-corrected chi connectivity index (χ0v) is 16.0. The third kappa shape index (κ3) is 4.34. The molecule has 0 saturated carbocycles. The Kier molecular flexibility index (Phi) is 5.86. The number of amides is 2. The maximum Gasteiger partial charge on any atom is 0.338 e. The summed E-state index contributed by atoms with van der Waals surface area (Å²) in [6.45, 7) is 4.45. The lowest BCUT2D eigenvalue weighted by molar-refractivity contribution is 0.0526. The number of hydrogen-bond donors (Lipinski definition) is 1. The number of esters is 1. The predicted octanol–water partition coefficient (Wildman–Crippen LogP) is 4.73. The van der Waals surface area contributed by atoms with Gasteiger partial charge in [0, 0.05) is 10.7 Å². The van der Waals surface area contributed by atoms with Gasteiger partial charge in [0.1, 0.15) is 11.9 Å². The Morgan fingerprint density at radius 1 is 1.26 bits per heavy atom. The Labute approximate surface area is 163 Å². The van der Waals surface area contributed by atoms with Gasteiger partial charge in [0.05, 0.1) is 24.4 Å². The molecule has 2 aromatic rings. The van der Waals surface area contributed by atoms with Crippen LogP contribution in [0.5, 0.6) is 5.75 Å². The number of hydrogen-bond acceptors (Lipinski definition) is 4. The molecule has 1 aliphatic rings. The van der Waals surface area contributed by atoms with Gasteiger partial charge in [-0.1, -0.05) is 24.6 Å². The van der Waals surface area contributed by atoms with Crippen LogP contribution in [0.3, 0.4) is 0 Å². The average molecular weight is 389 g/mol. The lowest BCUT2D eigenvalue weighted by atomic mass is 10.1. The van der Waals surface area contributed by atoms with E-state index in [1.807, 2.05) is 6.92 Å². The van der Waals surface area contributed by atoms with E-state index in [0.29, 0.717) is 40.9 Å². The molecular weight excluding hydrogens is 368 g/mol. The van der Waals surface area contributed by atoms with Crippen molar-refractivity contribution >= 4 is 35.0 Å². The number of anilines is 2. The molecule has 142 valence electrons. The Balaban J connectivity index is 1.83. The van der Waals surface area contributed by atoms with E-state index in [0.717, 1.165) is 6.42 Å². The van der Waals surface area contributed by atoms with E-state index in [1.54, 1.807) is 54.3 Å². The van der Waals surface area contributed by atoms with E-state index in [4.69, 9.17) is 21.1 Å². The highest BCUT2D eigenvalue weighted by atomic mass is 35.5. The Morgan fingerprint density at radius 2 is 2.07 bits per heavy atom. The zero-order chi connectivity index (χ0) is 19.4. The van der Waals surface area contributed by atoms with Crippen LogP contribution in [0.2, 0.25) is 5.02 Å². The van der Waals surface area contributed by atoms with Gasteiger partial charge in [-0.3, -0.25) is 4.90 Å². The second-order valence-corrected chi connectivity index (χ2v) is 6.54. The molecule has 0 aromatic heterocycles. The number of halogens is 1. The minimum atomic E-state index is -0.428. The highest BCUT2D eigenvalue weighted by Crippen LogP contribution is 2.36. The number of nitrogens with zero attached hydrogens (tertiary/aromatic N) is 1. The van der Waals surface area contributed by atoms with Crippen LogP contribution in [0, 0.1) is 0 Å². The first-order valence-corrected chi connectivity index (χ1v) is 9.21. The first-order chi connectivity index (χ1) is 13.0. The summed E-state index contributed by atoms with van der Waals surface area (Å²) in [5.74, 6) is 0.191. The summed E-state index contributed by atoms with van der Waals surface area (Å²) in [5.41, 5.74) is 1.51. The van der Waals surface area contributed by atoms with Crippen LogP contribution in [0.15, 0.2) is 42.5 Å². The zero-order valence-electron chi connectivity index (χ0n) is 15.2. The summed E-state index contributed by atoms with van der Waals surface area (Å²) in [7, 11) is 0. The van der Waals surface area contributed by atoms with Crippen LogP contribution in [0.1, 0.15) is 30.6 Å². The maximum absolute atomic E-state index is 12.9. The van der Waals surface area contributed by atoms with Crippen molar-refractivity contribution in [2.75, 3.05) is 23.4 Å². The summed E-state index contributed by atoms with van der Waals surface area (Å²) in [4.78, 5) is 26.4. The lowest BCUT2D eigenvalue weighted by Crippen LogP contribution is -2.45. The lowest BCUT2D eigenvalue weighted by Gasteiger charge is -2.34. The number of carbonyl (C=O) groups is 2. The van der Waals surface area contributed by atoms with Gasteiger partial charge in [0.15, 0.2) is 0 Å². The molecule has 0 fully saturated rings. The van der Waals surface area contributed by atoms with Crippen LogP contribution in [-0.4, -0.2) is 31.3 Å². The van der Waals surface area contributed by atoms with Crippen LogP contribution in [0.25, 0.3) is 0 Å². The molecule has 1 N–H and O–H groups in total. The SMILES string of the molecule is CCOC(=O)c1cccc(NC(=O)N2C[C@@H](CC)Oc3ccc(Cl)cc32)c1. The van der Waals surface area contributed by atoms with Gasteiger partial charge in [0.25, 0.3) is 0 Å². The van der Waals surface area contributed by atoms with E-state index in [1.165, 1.54) is 0 Å². The minimum absolute atomic E-state index is 0.102. The molecule has 1 atom stereocenters. The fourth-order valence-corrected chi connectivity index (χ4v) is 3.02. The standard InChI is InChI=1S/C20H21ClN2O4/c1-3-16-12-23(17-11-14(21)8-9-18(17)27-16)20(25)22-15-7-5-6-13(10-15)19(24)26-4-2/h5-11,16H,3-4,12H2,1-2H3,(H,22,25)/t16-/m1/s1. The molecule has 7 heteroatoms. The topological polar surface area (TPSA) is 67.9 Å². The van der Waals surface area contributed by atoms with Crippen molar-refractivity contribution in [3.63, 3.8) is 0 Å². The van der Waals surface area contributed by atoms with Gasteiger partial charge in [-0.25, -0.2) is 9.59 Å². The quantitative estimate of drug-likeness (QED) is 0.769. The molecule has 27 heavy (non-hydrogen) atoms. The fourth-order valence-electron chi connectivity index (χ4n) is 2.85. The maximum atomic E-state index is 12.9. The van der Waals surface area contributed by atoms with E-state index in [-0.39, 0.29) is 12.1 Å². The van der Waals surface area contributed by atoms with Crippen LogP contribution in [0.4, 0.5) is 16.2 Å². The van der Waals surface area contributed by atoms with E-state index in [2.05, 4.69) is 5.32 Å². The molecule has 3 rings (SSSR count). The van der Waals surface area contributed by atoms with Crippen molar-refractivity contribution in [3.05, 3.63) is 53.1 Å². The van der Waals surface area contributed by atoms with Crippen molar-refractivity contribution in [3.8, 4) is 5.75 Å². The van der Waals surface area contributed by atoms with Gasteiger partial charge in [-0.2, -0.15) is 0 Å². The largest absolute Gasteiger partial charge is 0.486 e. The molecule has 0 saturated heterocycles. The molecule has 0 radical (unpaired) electrons. The number of urea groups is 1. The van der Waals surface area contributed by atoms with E-state index >= 15 is 0 Å². The monoisotopic (exact) mass is 388 g/mol. The summed E-state index contributed by atoms with van der Waals surface area (Å²) in [6, 6.07) is 11.5. The van der Waals surface area contributed by atoms with E-state index < -0.39 is 5.97 Å². The first-order valence-electron chi connectivity index (χ1n) is 8.83. The molecule has 1 heterocycles. The van der Waals surface area contributed by atoms with Gasteiger partial charge < -0.3 is 14.8 Å². The van der Waals surface area contributed by atoms with Gasteiger partial charge in [0.2, 0.25) is 0 Å². The fraction of sp³-hybridized carbons (Fsp3) is 0.300. The number of fused-ring (bicyclic) bond motifs is 1. The Bertz CT molecular complexity index is 856. The Morgan fingerprint density at radius 3 is 2.81 bits per heavy atom. The second-order valence-electron chi connectivity index (χ2n) is 6.10. The normalized spacial score (nSPS) is 15.5. The van der Waals surface area contributed by atoms with Crippen molar-refractivity contribution < 1.29 is 19.1 Å². The highest BCUT2D eigenvalue weighted by Gasteiger charge is 2.29. The number of nitrogens with one attached hydrogen (secondary N) is 1. The minimum Gasteiger partial charge on any atom is -0.486 e. The van der Waals surface area contributed by atoms with Crippen LogP contribution < -0.4 is 15.0 Å². The summed E-state index contributed by atoms with van der Waals surface area (Å²) in [6.07, 6.45) is 0.666. The number of ether oxygens (including phenoxy) is 2. The van der Waals surface area contributed by atoms with Crippen molar-refractivity contribution in [2.45, 2.75) is 26.4 Å². The molecular formula is C20H21ClN2O4. The summed E-state index contributed by atoms with van der Waals surface area (Å²) < 4.78 is 10.9. The molecule has 0 bridgehead atoms. The summed E-state index contributed by atoms with van der Waals surface area (Å²) in [5, 5.41) is 3.36. The number of rotatable bonds is 4. The smallest absolute Gasteiger partial charge is 0.338 e. The second kappa shape index (κ2) is 8.31. The van der Waals surface area contributed by atoms with Gasteiger partial charge in [-0.15, -0.1) is 0 Å². The van der Waals surface area contributed by atoms with Crippen molar-refractivity contribution in [2.24, 2.45) is 0 Å². The molecule has 2 amide bonds. The molecule has 0 unspecified atom stereocenters. The first kappa shape index (κ1) is 19.0. The highest BCUT2D eigenvalue weighted by molar-refractivity contribution is 6.31. The van der Waals surface area contributed by atoms with E-state index in [9.17, 15) is 9.59 Å². The molecule has 6 nitrogen and oxygen atoms in total. The molecule has 1 aliphatic heterocycles. The van der Waals surface area contributed by atoms with Crippen LogP contribution in [-0.2, 0) is 4.74 Å². The number of carbonyl (C=O) groups excluding carboxylic acids is 2. The molecule has 0 aliphatic carbocycles. The Hall–Kier alpha value is -2.73. The molecule has 2 aromatic carbocycles.